The number of hydrogen-bond acceptors (Lipinski definition) is 6. The molecule has 3 amide bonds. The Balaban J connectivity index is 1.60. The van der Waals surface area contributed by atoms with Gasteiger partial charge in [0.25, 0.3) is 11.8 Å². The summed E-state index contributed by atoms with van der Waals surface area (Å²) in [5, 5.41) is 6.19. The van der Waals surface area contributed by atoms with E-state index in [-0.39, 0.29) is 11.7 Å². The van der Waals surface area contributed by atoms with Crippen molar-refractivity contribution in [3.8, 4) is 5.75 Å². The van der Waals surface area contributed by atoms with Gasteiger partial charge in [-0.15, -0.1) is 0 Å². The molecule has 0 unspecified atom stereocenters. The van der Waals surface area contributed by atoms with E-state index in [2.05, 4.69) is 31.8 Å². The summed E-state index contributed by atoms with van der Waals surface area (Å²) in [5.74, 6) is -2.43. The van der Waals surface area contributed by atoms with Crippen LogP contribution in [0.3, 0.4) is 0 Å². The highest BCUT2D eigenvalue weighted by molar-refractivity contribution is 9.10. The molecule has 0 spiro atoms. The van der Waals surface area contributed by atoms with Gasteiger partial charge in [0.2, 0.25) is 5.91 Å². The van der Waals surface area contributed by atoms with Crippen molar-refractivity contribution in [2.45, 2.75) is 6.92 Å². The molecule has 2 N–H and O–H groups in total. The maximum atomic E-state index is 12.8. The number of anilines is 1. The fraction of sp³-hybridized carbons (Fsp3) is 0.150. The molecule has 1 saturated heterocycles. The molecule has 1 aliphatic heterocycles. The molecule has 1 atom stereocenters. The van der Waals surface area contributed by atoms with Gasteiger partial charge in [-0.2, -0.15) is 5.10 Å². The number of carbonyl (C=O) groups excluding carboxylic acids is 3. The zero-order valence-electron chi connectivity index (χ0n) is 15.8. The minimum Gasteiger partial charge on any atom is -0.484 e. The highest BCUT2D eigenvalue weighted by Crippen LogP contribution is 2.21. The molecule has 0 bridgehead atoms. The zero-order chi connectivity index (χ0) is 21.7. The predicted molar refractivity (Wildman–Crippen MR) is 119 cm³/mol. The summed E-state index contributed by atoms with van der Waals surface area (Å²) in [6.07, 6.45) is 1.07. The third-order valence-corrected chi connectivity index (χ3v) is 4.90. The Labute approximate surface area is 186 Å². The Hall–Kier alpha value is -3.11. The molecular formula is C20H17BrN4O4S. The molecular weight excluding hydrogens is 472 g/mol. The van der Waals surface area contributed by atoms with Crippen LogP contribution in [0.5, 0.6) is 5.75 Å². The van der Waals surface area contributed by atoms with E-state index in [1.54, 1.807) is 36.4 Å². The molecule has 2 aromatic rings. The number of aryl methyl sites for hydroxylation is 1. The van der Waals surface area contributed by atoms with E-state index < -0.39 is 23.6 Å². The lowest BCUT2D eigenvalue weighted by atomic mass is 10.1. The van der Waals surface area contributed by atoms with Crippen LogP contribution in [-0.2, 0) is 14.4 Å². The number of halogens is 1. The molecule has 10 heteroatoms. The van der Waals surface area contributed by atoms with Gasteiger partial charge in [-0.25, -0.2) is 5.43 Å². The molecule has 1 heterocycles. The van der Waals surface area contributed by atoms with Gasteiger partial charge < -0.3 is 10.1 Å². The number of hydrazone groups is 1. The SMILES string of the molecule is Cc1ccc(N2C(=O)[C@@H](/C=N/NC(=O)COc3ccc(Br)cc3)C(=O)NC2=S)cc1. The average molecular weight is 489 g/mol. The largest absolute Gasteiger partial charge is 0.484 e. The van der Waals surface area contributed by atoms with Gasteiger partial charge in [-0.1, -0.05) is 33.6 Å². The van der Waals surface area contributed by atoms with E-state index in [1.807, 2.05) is 19.1 Å². The molecule has 0 aromatic heterocycles. The zero-order valence-corrected chi connectivity index (χ0v) is 18.2. The molecule has 3 rings (SSSR count). The summed E-state index contributed by atoms with van der Waals surface area (Å²) < 4.78 is 6.22. The third-order valence-electron chi connectivity index (χ3n) is 4.09. The van der Waals surface area contributed by atoms with Gasteiger partial charge in [0.15, 0.2) is 17.6 Å². The first-order valence-electron chi connectivity index (χ1n) is 8.81. The van der Waals surface area contributed by atoms with Crippen molar-refractivity contribution < 1.29 is 19.1 Å². The third kappa shape index (κ3) is 5.28. The number of hydrogen-bond donors (Lipinski definition) is 2. The van der Waals surface area contributed by atoms with E-state index in [4.69, 9.17) is 17.0 Å². The van der Waals surface area contributed by atoms with Crippen LogP contribution in [0.25, 0.3) is 0 Å². The highest BCUT2D eigenvalue weighted by atomic mass is 79.9. The van der Waals surface area contributed by atoms with Crippen LogP contribution in [0.15, 0.2) is 58.1 Å². The number of benzene rings is 2. The van der Waals surface area contributed by atoms with Gasteiger partial charge >= 0.3 is 0 Å². The maximum Gasteiger partial charge on any atom is 0.277 e. The van der Waals surface area contributed by atoms with Crippen molar-refractivity contribution in [1.29, 1.82) is 0 Å². The Bertz CT molecular complexity index is 1010. The van der Waals surface area contributed by atoms with Gasteiger partial charge in [-0.05, 0) is 55.5 Å². The van der Waals surface area contributed by atoms with Crippen LogP contribution in [0.1, 0.15) is 5.56 Å². The van der Waals surface area contributed by atoms with Crippen molar-refractivity contribution in [3.05, 3.63) is 58.6 Å². The molecule has 8 nitrogen and oxygen atoms in total. The lowest BCUT2D eigenvalue weighted by Crippen LogP contribution is -2.58. The number of amides is 3. The van der Waals surface area contributed by atoms with Crippen LogP contribution in [0.4, 0.5) is 5.69 Å². The van der Waals surface area contributed by atoms with Crippen molar-refractivity contribution >= 4 is 62.9 Å². The quantitative estimate of drug-likeness (QED) is 0.281. The van der Waals surface area contributed by atoms with Crippen LogP contribution >= 0.6 is 28.1 Å². The van der Waals surface area contributed by atoms with E-state index in [1.165, 1.54) is 4.90 Å². The smallest absolute Gasteiger partial charge is 0.277 e. The van der Waals surface area contributed by atoms with Crippen LogP contribution < -0.4 is 20.4 Å². The van der Waals surface area contributed by atoms with E-state index in [0.29, 0.717) is 11.4 Å². The van der Waals surface area contributed by atoms with E-state index in [9.17, 15) is 14.4 Å². The molecule has 0 aliphatic carbocycles. The number of nitrogens with one attached hydrogen (secondary N) is 2. The van der Waals surface area contributed by atoms with Gasteiger partial charge in [-0.3, -0.25) is 19.3 Å². The first-order chi connectivity index (χ1) is 14.3. The average Bonchev–Trinajstić information content (AvgIpc) is 2.71. The topological polar surface area (TPSA) is 100 Å². The first-order valence-corrected chi connectivity index (χ1v) is 10.0. The number of carbonyl (C=O) groups is 3. The van der Waals surface area contributed by atoms with E-state index >= 15 is 0 Å². The lowest BCUT2D eigenvalue weighted by Gasteiger charge is -2.30. The van der Waals surface area contributed by atoms with Crippen molar-refractivity contribution in [2.75, 3.05) is 11.5 Å². The maximum absolute atomic E-state index is 12.8. The van der Waals surface area contributed by atoms with Gasteiger partial charge in [0, 0.05) is 10.7 Å². The Morgan fingerprint density at radius 1 is 1.23 bits per heavy atom. The monoisotopic (exact) mass is 488 g/mol. The summed E-state index contributed by atoms with van der Waals surface area (Å²) in [6.45, 7) is 1.64. The molecule has 30 heavy (non-hydrogen) atoms. The van der Waals surface area contributed by atoms with Crippen molar-refractivity contribution in [1.82, 2.24) is 10.7 Å². The molecule has 2 aromatic carbocycles. The normalized spacial score (nSPS) is 16.5. The highest BCUT2D eigenvalue weighted by Gasteiger charge is 2.38. The van der Waals surface area contributed by atoms with Crippen LogP contribution in [0, 0.1) is 12.8 Å². The van der Waals surface area contributed by atoms with Crippen molar-refractivity contribution in [3.63, 3.8) is 0 Å². The summed E-state index contributed by atoms with van der Waals surface area (Å²) in [6, 6.07) is 14.1. The molecule has 1 fully saturated rings. The second-order valence-corrected chi connectivity index (χ2v) is 7.64. The van der Waals surface area contributed by atoms with Crippen LogP contribution in [0.2, 0.25) is 0 Å². The fourth-order valence-corrected chi connectivity index (χ4v) is 3.12. The minimum absolute atomic E-state index is 0.00886. The van der Waals surface area contributed by atoms with Crippen LogP contribution in [-0.4, -0.2) is 35.7 Å². The van der Waals surface area contributed by atoms with E-state index in [0.717, 1.165) is 16.3 Å². The van der Waals surface area contributed by atoms with Gasteiger partial charge in [0.1, 0.15) is 5.75 Å². The number of nitrogens with zero attached hydrogens (tertiary/aromatic N) is 2. The lowest BCUT2D eigenvalue weighted by molar-refractivity contribution is -0.130. The second-order valence-electron chi connectivity index (χ2n) is 6.34. The molecule has 154 valence electrons. The number of rotatable bonds is 6. The Morgan fingerprint density at radius 2 is 1.90 bits per heavy atom. The fourth-order valence-electron chi connectivity index (χ4n) is 2.56. The second kappa shape index (κ2) is 9.59. The Kier molecular flexibility index (Phi) is 6.91. The summed E-state index contributed by atoms with van der Waals surface area (Å²) in [5.41, 5.74) is 3.79. The molecule has 0 radical (unpaired) electrons. The summed E-state index contributed by atoms with van der Waals surface area (Å²) in [7, 11) is 0. The van der Waals surface area contributed by atoms with Crippen molar-refractivity contribution in [2.24, 2.45) is 11.0 Å². The molecule has 1 aliphatic rings. The molecule has 0 saturated carbocycles. The van der Waals surface area contributed by atoms with Gasteiger partial charge in [0.05, 0.1) is 5.69 Å². The predicted octanol–water partition coefficient (Wildman–Crippen LogP) is 2.30. The Morgan fingerprint density at radius 3 is 2.57 bits per heavy atom. The first kappa shape index (κ1) is 21.6. The summed E-state index contributed by atoms with van der Waals surface area (Å²) in [4.78, 5) is 38.1. The number of thiocarbonyl (C=S) groups is 1. The summed E-state index contributed by atoms with van der Waals surface area (Å²) >= 11 is 8.44. The standard InChI is InChI=1S/C20H17BrN4O4S/c1-12-2-6-14(7-3-12)25-19(28)16(18(27)23-20(25)30)10-22-24-17(26)11-29-15-8-4-13(21)5-9-15/h2-10,16H,11H2,1H3,(H,24,26)(H,23,27,30)/b22-10+/t16-/m0/s1. The number of ether oxygens (including phenoxy) is 1. The minimum atomic E-state index is -1.23.